The maximum Gasteiger partial charge on any atom is 0.240 e. The number of rotatable bonds is 5. The van der Waals surface area contributed by atoms with Crippen molar-refractivity contribution in [2.24, 2.45) is 5.10 Å². The van der Waals surface area contributed by atoms with Crippen LogP contribution in [0.4, 0.5) is 0 Å². The van der Waals surface area contributed by atoms with Crippen molar-refractivity contribution in [1.82, 2.24) is 5.43 Å². The average Bonchev–Trinajstić information content (AvgIpc) is 2.52. The molecule has 0 aliphatic rings. The summed E-state index contributed by atoms with van der Waals surface area (Å²) in [5.74, 6) is -0.0656. The third-order valence-electron chi connectivity index (χ3n) is 3.02. The molecule has 0 radical (unpaired) electrons. The van der Waals surface area contributed by atoms with E-state index in [0.717, 1.165) is 23.3 Å². The van der Waals surface area contributed by atoms with E-state index in [0.29, 0.717) is 6.42 Å². The van der Waals surface area contributed by atoms with Crippen LogP contribution in [0, 0.1) is 0 Å². The Hall–Kier alpha value is -2.42. The first-order valence-corrected chi connectivity index (χ1v) is 6.68. The van der Waals surface area contributed by atoms with Gasteiger partial charge in [0.15, 0.2) is 0 Å². The molecule has 2 aromatic carbocycles. The van der Waals surface area contributed by atoms with Crippen molar-refractivity contribution in [3.05, 3.63) is 71.8 Å². The Morgan fingerprint density at radius 3 is 2.25 bits per heavy atom. The highest BCUT2D eigenvalue weighted by Crippen LogP contribution is 2.03. The topological polar surface area (TPSA) is 41.5 Å². The molecule has 0 saturated heterocycles. The van der Waals surface area contributed by atoms with Gasteiger partial charge in [0.1, 0.15) is 0 Å². The van der Waals surface area contributed by atoms with Gasteiger partial charge in [-0.2, -0.15) is 5.10 Å². The van der Waals surface area contributed by atoms with Crippen molar-refractivity contribution in [3.8, 4) is 0 Å². The van der Waals surface area contributed by atoms with Gasteiger partial charge in [-0.05, 0) is 24.5 Å². The minimum absolute atomic E-state index is 0.0656. The molecule has 0 aliphatic carbocycles. The molecule has 102 valence electrons. The summed E-state index contributed by atoms with van der Waals surface area (Å²) in [5.41, 5.74) is 5.57. The van der Waals surface area contributed by atoms with Crippen molar-refractivity contribution >= 4 is 11.6 Å². The van der Waals surface area contributed by atoms with E-state index in [-0.39, 0.29) is 5.91 Å². The molecule has 0 aliphatic heterocycles. The lowest BCUT2D eigenvalue weighted by Gasteiger charge is -2.03. The lowest BCUT2D eigenvalue weighted by Crippen LogP contribution is -2.19. The van der Waals surface area contributed by atoms with Gasteiger partial charge in [-0.3, -0.25) is 4.79 Å². The summed E-state index contributed by atoms with van der Waals surface area (Å²) in [6, 6.07) is 19.8. The molecular weight excluding hydrogens is 248 g/mol. The molecule has 0 saturated carbocycles. The van der Waals surface area contributed by atoms with Gasteiger partial charge < -0.3 is 0 Å². The van der Waals surface area contributed by atoms with Crippen LogP contribution in [0.3, 0.4) is 0 Å². The highest BCUT2D eigenvalue weighted by molar-refractivity contribution is 5.99. The van der Waals surface area contributed by atoms with Crippen LogP contribution in [0.5, 0.6) is 0 Å². The quantitative estimate of drug-likeness (QED) is 0.655. The van der Waals surface area contributed by atoms with Crippen molar-refractivity contribution in [3.63, 3.8) is 0 Å². The molecule has 3 nitrogen and oxygen atoms in total. The van der Waals surface area contributed by atoms with E-state index in [1.54, 1.807) is 0 Å². The highest BCUT2D eigenvalue weighted by Gasteiger charge is 2.02. The van der Waals surface area contributed by atoms with Gasteiger partial charge in [0.2, 0.25) is 5.91 Å². The second-order valence-corrected chi connectivity index (χ2v) is 4.58. The van der Waals surface area contributed by atoms with E-state index >= 15 is 0 Å². The first kappa shape index (κ1) is 14.0. The number of nitrogens with zero attached hydrogens (tertiary/aromatic N) is 1. The Bertz CT molecular complexity index is 576. The van der Waals surface area contributed by atoms with E-state index in [1.807, 2.05) is 67.6 Å². The van der Waals surface area contributed by atoms with Gasteiger partial charge >= 0.3 is 0 Å². The van der Waals surface area contributed by atoms with Crippen LogP contribution in [-0.4, -0.2) is 11.6 Å². The fourth-order valence-electron chi connectivity index (χ4n) is 1.85. The van der Waals surface area contributed by atoms with Crippen LogP contribution < -0.4 is 5.43 Å². The van der Waals surface area contributed by atoms with E-state index in [9.17, 15) is 4.79 Å². The fourth-order valence-corrected chi connectivity index (χ4v) is 1.85. The normalized spacial score (nSPS) is 11.2. The number of carbonyl (C=O) groups is 1. The number of hydrogen-bond donors (Lipinski definition) is 1. The number of nitrogens with one attached hydrogen (secondary N) is 1. The number of aryl methyl sites for hydroxylation is 1. The van der Waals surface area contributed by atoms with Gasteiger partial charge in [0, 0.05) is 6.42 Å². The fraction of sp³-hybridized carbons (Fsp3) is 0.176. The smallest absolute Gasteiger partial charge is 0.240 e. The third kappa shape index (κ3) is 4.35. The summed E-state index contributed by atoms with van der Waals surface area (Å²) in [6.07, 6.45) is 1.17. The minimum Gasteiger partial charge on any atom is -0.273 e. The maximum absolute atomic E-state index is 11.7. The van der Waals surface area contributed by atoms with Crippen molar-refractivity contribution in [2.75, 3.05) is 0 Å². The first-order valence-electron chi connectivity index (χ1n) is 6.68. The van der Waals surface area contributed by atoms with Crippen LogP contribution in [-0.2, 0) is 11.2 Å². The average molecular weight is 266 g/mol. The Morgan fingerprint density at radius 1 is 1.00 bits per heavy atom. The first-order chi connectivity index (χ1) is 9.75. The van der Waals surface area contributed by atoms with Crippen LogP contribution in [0.15, 0.2) is 65.8 Å². The summed E-state index contributed by atoms with van der Waals surface area (Å²) in [4.78, 5) is 11.7. The number of hydrogen-bond acceptors (Lipinski definition) is 2. The van der Waals surface area contributed by atoms with Gasteiger partial charge in [0.25, 0.3) is 0 Å². The summed E-state index contributed by atoms with van der Waals surface area (Å²) in [7, 11) is 0. The molecule has 0 fully saturated rings. The Balaban J connectivity index is 1.83. The summed E-state index contributed by atoms with van der Waals surface area (Å²) < 4.78 is 0. The van der Waals surface area contributed by atoms with Crippen LogP contribution in [0.2, 0.25) is 0 Å². The Morgan fingerprint density at radius 2 is 1.60 bits per heavy atom. The number of carbonyl (C=O) groups excluding carboxylic acids is 1. The van der Waals surface area contributed by atoms with Crippen molar-refractivity contribution in [2.45, 2.75) is 19.8 Å². The third-order valence-corrected chi connectivity index (χ3v) is 3.02. The molecule has 0 unspecified atom stereocenters. The molecule has 0 bridgehead atoms. The van der Waals surface area contributed by atoms with E-state index in [4.69, 9.17) is 0 Å². The standard InChI is InChI=1S/C17H18N2O/c1-14(16-10-6-3-7-11-16)18-19-17(20)13-12-15-8-4-2-5-9-15/h2-11H,12-13H2,1H3,(H,19,20)/b18-14+. The van der Waals surface area contributed by atoms with Gasteiger partial charge in [-0.25, -0.2) is 5.43 Å². The van der Waals surface area contributed by atoms with Crippen LogP contribution >= 0.6 is 0 Å². The Labute approximate surface area is 119 Å². The molecule has 2 rings (SSSR count). The number of benzene rings is 2. The molecule has 0 aromatic heterocycles. The largest absolute Gasteiger partial charge is 0.273 e. The SMILES string of the molecule is C/C(=N\NC(=O)CCc1ccccc1)c1ccccc1. The summed E-state index contributed by atoms with van der Waals surface area (Å²) in [6.45, 7) is 1.88. The second-order valence-electron chi connectivity index (χ2n) is 4.58. The van der Waals surface area contributed by atoms with Gasteiger partial charge in [0.05, 0.1) is 5.71 Å². The van der Waals surface area contributed by atoms with E-state index in [1.165, 1.54) is 0 Å². The lowest BCUT2D eigenvalue weighted by molar-refractivity contribution is -0.121. The molecule has 1 amide bonds. The number of hydrazone groups is 1. The van der Waals surface area contributed by atoms with Gasteiger partial charge in [-0.1, -0.05) is 60.7 Å². The highest BCUT2D eigenvalue weighted by atomic mass is 16.2. The van der Waals surface area contributed by atoms with Crippen LogP contribution in [0.25, 0.3) is 0 Å². The van der Waals surface area contributed by atoms with Crippen molar-refractivity contribution < 1.29 is 4.79 Å². The predicted octanol–water partition coefficient (Wildman–Crippen LogP) is 3.16. The molecule has 3 heteroatoms. The molecule has 0 heterocycles. The molecule has 2 aromatic rings. The predicted molar refractivity (Wildman–Crippen MR) is 81.6 cm³/mol. The Kier molecular flexibility index (Phi) is 5.07. The minimum atomic E-state index is -0.0656. The van der Waals surface area contributed by atoms with Crippen molar-refractivity contribution in [1.29, 1.82) is 0 Å². The van der Waals surface area contributed by atoms with E-state index in [2.05, 4.69) is 10.5 Å². The summed E-state index contributed by atoms with van der Waals surface area (Å²) >= 11 is 0. The zero-order valence-electron chi connectivity index (χ0n) is 11.5. The lowest BCUT2D eigenvalue weighted by atomic mass is 10.1. The summed E-state index contributed by atoms with van der Waals surface area (Å²) in [5, 5.41) is 4.12. The van der Waals surface area contributed by atoms with Crippen LogP contribution in [0.1, 0.15) is 24.5 Å². The molecule has 0 spiro atoms. The second kappa shape index (κ2) is 7.24. The molecular formula is C17H18N2O. The monoisotopic (exact) mass is 266 g/mol. The maximum atomic E-state index is 11.7. The molecule has 20 heavy (non-hydrogen) atoms. The molecule has 1 N–H and O–H groups in total. The van der Waals surface area contributed by atoms with Gasteiger partial charge in [-0.15, -0.1) is 0 Å². The molecule has 0 atom stereocenters. The van der Waals surface area contributed by atoms with E-state index < -0.39 is 0 Å². The number of amides is 1. The zero-order chi connectivity index (χ0) is 14.2. The zero-order valence-corrected chi connectivity index (χ0v) is 11.5.